The van der Waals surface area contributed by atoms with Gasteiger partial charge in [-0.2, -0.15) is 5.10 Å². The number of fused-ring (bicyclic) bond motifs is 2. The van der Waals surface area contributed by atoms with Gasteiger partial charge in [-0.1, -0.05) is 15.9 Å². The van der Waals surface area contributed by atoms with E-state index in [1.54, 1.807) is 11.3 Å². The first-order valence-electron chi connectivity index (χ1n) is 6.19. The van der Waals surface area contributed by atoms with Gasteiger partial charge >= 0.3 is 0 Å². The summed E-state index contributed by atoms with van der Waals surface area (Å²) >= 11 is 5.21. The molecule has 98 valence electrons. The third-order valence-electron chi connectivity index (χ3n) is 3.22. The molecule has 2 aromatic heterocycles. The van der Waals surface area contributed by atoms with Crippen LogP contribution < -0.4 is 0 Å². The molecular formula is C15H10BrN3S. The molecule has 0 radical (unpaired) electrons. The number of thiazole rings is 1. The van der Waals surface area contributed by atoms with Gasteiger partial charge in [-0.05, 0) is 36.4 Å². The zero-order valence-corrected chi connectivity index (χ0v) is 13.1. The Hall–Kier alpha value is -1.72. The Morgan fingerprint density at radius 1 is 1.10 bits per heavy atom. The van der Waals surface area contributed by atoms with Crippen molar-refractivity contribution in [2.45, 2.75) is 0 Å². The maximum Gasteiger partial charge on any atom is 0.124 e. The van der Waals surface area contributed by atoms with Crippen LogP contribution in [0.15, 0.2) is 47.1 Å². The van der Waals surface area contributed by atoms with Gasteiger partial charge in [0.05, 0.1) is 15.7 Å². The first-order chi connectivity index (χ1) is 9.69. The molecule has 0 unspecified atom stereocenters. The Kier molecular flexibility index (Phi) is 2.65. The molecule has 5 heteroatoms. The second-order valence-corrected chi connectivity index (χ2v) is 6.65. The molecule has 2 aromatic carbocycles. The standard InChI is InChI=1S/C15H10BrN3S/c1-19-8-10-6-9(2-4-12(10)18-19)15-17-13-5-3-11(16)7-14(13)20-15/h2-8H,1H3. The SMILES string of the molecule is Cn1cc2cc(-c3nc4ccc(Br)cc4s3)ccc2n1. The van der Waals surface area contributed by atoms with E-state index in [1.165, 1.54) is 4.70 Å². The molecule has 3 nitrogen and oxygen atoms in total. The van der Waals surface area contributed by atoms with Crippen LogP contribution in [0.2, 0.25) is 0 Å². The summed E-state index contributed by atoms with van der Waals surface area (Å²) in [7, 11) is 1.94. The molecule has 0 aliphatic carbocycles. The van der Waals surface area contributed by atoms with Crippen molar-refractivity contribution in [2.75, 3.05) is 0 Å². The maximum atomic E-state index is 4.71. The summed E-state index contributed by atoms with van der Waals surface area (Å²) in [5, 5.41) is 6.58. The van der Waals surface area contributed by atoms with E-state index in [2.05, 4.69) is 39.2 Å². The fourth-order valence-corrected chi connectivity index (χ4v) is 3.82. The van der Waals surface area contributed by atoms with E-state index in [-0.39, 0.29) is 0 Å². The van der Waals surface area contributed by atoms with Gasteiger partial charge in [0.1, 0.15) is 5.01 Å². The van der Waals surface area contributed by atoms with Crippen molar-refractivity contribution in [3.05, 3.63) is 47.1 Å². The summed E-state index contributed by atoms with van der Waals surface area (Å²) in [6.45, 7) is 0. The molecule has 0 aliphatic heterocycles. The number of rotatable bonds is 1. The molecule has 0 amide bonds. The number of benzene rings is 2. The molecule has 0 atom stereocenters. The van der Waals surface area contributed by atoms with E-state index in [0.717, 1.165) is 31.5 Å². The molecule has 20 heavy (non-hydrogen) atoms. The van der Waals surface area contributed by atoms with Crippen LogP contribution in [-0.4, -0.2) is 14.8 Å². The number of aryl methyl sites for hydroxylation is 1. The number of hydrogen-bond acceptors (Lipinski definition) is 3. The first-order valence-corrected chi connectivity index (χ1v) is 7.80. The zero-order valence-electron chi connectivity index (χ0n) is 10.7. The number of aromatic nitrogens is 3. The molecule has 0 saturated carbocycles. The minimum absolute atomic E-state index is 1.01. The van der Waals surface area contributed by atoms with Crippen LogP contribution >= 0.6 is 27.3 Å². The monoisotopic (exact) mass is 343 g/mol. The first kappa shape index (κ1) is 12.1. The predicted molar refractivity (Wildman–Crippen MR) is 87.0 cm³/mol. The van der Waals surface area contributed by atoms with Crippen molar-refractivity contribution in [1.29, 1.82) is 0 Å². The van der Waals surface area contributed by atoms with Gasteiger partial charge in [-0.25, -0.2) is 4.98 Å². The highest BCUT2D eigenvalue weighted by atomic mass is 79.9. The molecule has 0 spiro atoms. The van der Waals surface area contributed by atoms with Crippen LogP contribution in [0.5, 0.6) is 0 Å². The smallest absolute Gasteiger partial charge is 0.124 e. The second kappa shape index (κ2) is 4.40. The lowest BCUT2D eigenvalue weighted by Gasteiger charge is -1.94. The van der Waals surface area contributed by atoms with Crippen molar-refractivity contribution >= 4 is 48.4 Å². The molecule has 0 N–H and O–H groups in total. The number of hydrogen-bond donors (Lipinski definition) is 0. The maximum absolute atomic E-state index is 4.71. The summed E-state index contributed by atoms with van der Waals surface area (Å²) in [6.07, 6.45) is 2.03. The predicted octanol–water partition coefficient (Wildman–Crippen LogP) is 4.61. The fourth-order valence-electron chi connectivity index (χ4n) is 2.30. The molecule has 4 aromatic rings. The van der Waals surface area contributed by atoms with Gasteiger partial charge in [0, 0.05) is 28.7 Å². The number of halogens is 1. The quantitative estimate of drug-likeness (QED) is 0.505. The Balaban J connectivity index is 1.90. The van der Waals surface area contributed by atoms with Gasteiger partial charge in [-0.3, -0.25) is 4.68 Å². The average Bonchev–Trinajstić information content (AvgIpc) is 2.99. The molecule has 4 rings (SSSR count). The van der Waals surface area contributed by atoms with Gasteiger partial charge in [0.2, 0.25) is 0 Å². The highest BCUT2D eigenvalue weighted by Crippen LogP contribution is 2.32. The summed E-state index contributed by atoms with van der Waals surface area (Å²) in [5.41, 5.74) is 3.20. The van der Waals surface area contributed by atoms with Gasteiger partial charge in [0.25, 0.3) is 0 Å². The Labute approximate surface area is 128 Å². The summed E-state index contributed by atoms with van der Waals surface area (Å²) < 4.78 is 4.12. The molecule has 0 bridgehead atoms. The molecule has 0 fully saturated rings. The highest BCUT2D eigenvalue weighted by molar-refractivity contribution is 9.10. The van der Waals surface area contributed by atoms with E-state index in [9.17, 15) is 0 Å². The van der Waals surface area contributed by atoms with Crippen molar-refractivity contribution in [1.82, 2.24) is 14.8 Å². The summed E-state index contributed by atoms with van der Waals surface area (Å²) in [6, 6.07) is 12.5. The van der Waals surface area contributed by atoms with Crippen LogP contribution in [-0.2, 0) is 7.05 Å². The number of nitrogens with zero attached hydrogens (tertiary/aromatic N) is 3. The van der Waals surface area contributed by atoms with Crippen LogP contribution in [0.1, 0.15) is 0 Å². The van der Waals surface area contributed by atoms with Crippen LogP contribution in [0, 0.1) is 0 Å². The van der Waals surface area contributed by atoms with Crippen LogP contribution in [0.4, 0.5) is 0 Å². The topological polar surface area (TPSA) is 30.7 Å². The fraction of sp³-hybridized carbons (Fsp3) is 0.0667. The molecule has 0 aliphatic rings. The summed E-state index contributed by atoms with van der Waals surface area (Å²) in [5.74, 6) is 0. The van der Waals surface area contributed by atoms with Crippen molar-refractivity contribution in [3.8, 4) is 10.6 Å². The van der Waals surface area contributed by atoms with E-state index in [0.29, 0.717) is 0 Å². The van der Waals surface area contributed by atoms with Gasteiger partial charge in [-0.15, -0.1) is 11.3 Å². The third-order valence-corrected chi connectivity index (χ3v) is 4.78. The minimum Gasteiger partial charge on any atom is -0.275 e. The average molecular weight is 344 g/mol. The lowest BCUT2D eigenvalue weighted by molar-refractivity contribution is 0.780. The zero-order chi connectivity index (χ0) is 13.7. The third kappa shape index (κ3) is 1.94. The lowest BCUT2D eigenvalue weighted by atomic mass is 10.2. The second-order valence-electron chi connectivity index (χ2n) is 4.71. The minimum atomic E-state index is 1.01. The van der Waals surface area contributed by atoms with E-state index in [1.807, 2.05) is 36.1 Å². The summed E-state index contributed by atoms with van der Waals surface area (Å²) in [4.78, 5) is 4.71. The van der Waals surface area contributed by atoms with Crippen LogP contribution in [0.25, 0.3) is 31.7 Å². The van der Waals surface area contributed by atoms with Crippen molar-refractivity contribution < 1.29 is 0 Å². The van der Waals surface area contributed by atoms with E-state index >= 15 is 0 Å². The molecule has 0 saturated heterocycles. The largest absolute Gasteiger partial charge is 0.275 e. The van der Waals surface area contributed by atoms with Crippen LogP contribution in [0.3, 0.4) is 0 Å². The Morgan fingerprint density at radius 2 is 1.95 bits per heavy atom. The molecule has 2 heterocycles. The Bertz CT molecular complexity index is 939. The normalized spacial score (nSPS) is 11.5. The van der Waals surface area contributed by atoms with Gasteiger partial charge < -0.3 is 0 Å². The van der Waals surface area contributed by atoms with E-state index in [4.69, 9.17) is 4.98 Å². The lowest BCUT2D eigenvalue weighted by Crippen LogP contribution is -1.84. The van der Waals surface area contributed by atoms with Gasteiger partial charge in [0.15, 0.2) is 0 Å². The molecular weight excluding hydrogens is 334 g/mol. The van der Waals surface area contributed by atoms with E-state index < -0.39 is 0 Å². The highest BCUT2D eigenvalue weighted by Gasteiger charge is 2.08. The van der Waals surface area contributed by atoms with Crippen molar-refractivity contribution in [3.63, 3.8) is 0 Å². The van der Waals surface area contributed by atoms with Crippen molar-refractivity contribution in [2.24, 2.45) is 7.05 Å². The Morgan fingerprint density at radius 3 is 2.85 bits per heavy atom.